The van der Waals surface area contributed by atoms with E-state index < -0.39 is 0 Å². The topological polar surface area (TPSA) is 35.5 Å². The second-order valence-corrected chi connectivity index (χ2v) is 5.63. The molecule has 3 rings (SSSR count). The van der Waals surface area contributed by atoms with Crippen LogP contribution in [0.2, 0.25) is 0 Å². The zero-order valence-electron chi connectivity index (χ0n) is 10.9. The zero-order valence-corrected chi connectivity index (χ0v) is 10.9. The molecule has 1 aromatic rings. The molecule has 18 heavy (non-hydrogen) atoms. The predicted molar refractivity (Wildman–Crippen MR) is 72.3 cm³/mol. The molecule has 0 saturated carbocycles. The molecular formula is C15H22N2O. The van der Waals surface area contributed by atoms with Gasteiger partial charge in [0.25, 0.3) is 0 Å². The number of nitrogens with one attached hydrogen (secondary N) is 1. The van der Waals surface area contributed by atoms with Crippen LogP contribution in [0.4, 0.5) is 0 Å². The van der Waals surface area contributed by atoms with Gasteiger partial charge in [0.05, 0.1) is 6.10 Å². The van der Waals surface area contributed by atoms with E-state index in [1.807, 2.05) is 6.92 Å². The minimum atomic E-state index is -0.271. The maximum Gasteiger partial charge on any atom is 0.0680 e. The summed E-state index contributed by atoms with van der Waals surface area (Å²) in [5.41, 5.74) is 1.38. The molecule has 2 fully saturated rings. The van der Waals surface area contributed by atoms with Crippen molar-refractivity contribution in [2.45, 2.75) is 50.5 Å². The van der Waals surface area contributed by atoms with Crippen molar-refractivity contribution >= 4 is 0 Å². The SMILES string of the molecule is C[C@H](O)[C@H]1NC[C@H]2CC[C@@H]1N2Cc1ccccc1. The highest BCUT2D eigenvalue weighted by Gasteiger charge is 2.43. The van der Waals surface area contributed by atoms with Crippen molar-refractivity contribution in [1.82, 2.24) is 10.2 Å². The molecule has 2 heterocycles. The first-order chi connectivity index (χ1) is 8.75. The van der Waals surface area contributed by atoms with Gasteiger partial charge in [-0.15, -0.1) is 0 Å². The fourth-order valence-corrected chi connectivity index (χ4v) is 3.51. The normalized spacial score (nSPS) is 33.6. The number of hydrogen-bond donors (Lipinski definition) is 2. The van der Waals surface area contributed by atoms with Gasteiger partial charge in [0.1, 0.15) is 0 Å². The fourth-order valence-electron chi connectivity index (χ4n) is 3.51. The van der Waals surface area contributed by atoms with Crippen LogP contribution in [0.15, 0.2) is 30.3 Å². The lowest BCUT2D eigenvalue weighted by Gasteiger charge is -2.42. The highest BCUT2D eigenvalue weighted by atomic mass is 16.3. The molecule has 98 valence electrons. The van der Waals surface area contributed by atoms with Gasteiger partial charge in [-0.1, -0.05) is 30.3 Å². The lowest BCUT2D eigenvalue weighted by molar-refractivity contribution is 0.0414. The van der Waals surface area contributed by atoms with E-state index in [1.54, 1.807) is 0 Å². The monoisotopic (exact) mass is 246 g/mol. The van der Waals surface area contributed by atoms with Crippen LogP contribution in [0.5, 0.6) is 0 Å². The van der Waals surface area contributed by atoms with Crippen LogP contribution in [-0.4, -0.2) is 40.8 Å². The van der Waals surface area contributed by atoms with Gasteiger partial charge in [-0.25, -0.2) is 0 Å². The predicted octanol–water partition coefficient (Wildman–Crippen LogP) is 1.37. The van der Waals surface area contributed by atoms with Crippen molar-refractivity contribution in [2.24, 2.45) is 0 Å². The summed E-state index contributed by atoms with van der Waals surface area (Å²) in [5, 5.41) is 13.4. The minimum absolute atomic E-state index is 0.229. The Morgan fingerprint density at radius 3 is 2.83 bits per heavy atom. The molecule has 0 amide bonds. The highest BCUT2D eigenvalue weighted by molar-refractivity contribution is 5.16. The second-order valence-electron chi connectivity index (χ2n) is 5.63. The molecule has 2 bridgehead atoms. The van der Waals surface area contributed by atoms with E-state index >= 15 is 0 Å². The molecule has 0 spiro atoms. The molecule has 2 aliphatic heterocycles. The van der Waals surface area contributed by atoms with Gasteiger partial charge >= 0.3 is 0 Å². The summed E-state index contributed by atoms with van der Waals surface area (Å²) in [4.78, 5) is 2.59. The van der Waals surface area contributed by atoms with Crippen LogP contribution in [-0.2, 0) is 6.54 Å². The summed E-state index contributed by atoms with van der Waals surface area (Å²) >= 11 is 0. The number of nitrogens with zero attached hydrogens (tertiary/aromatic N) is 1. The van der Waals surface area contributed by atoms with Crippen molar-refractivity contribution in [2.75, 3.05) is 6.54 Å². The van der Waals surface area contributed by atoms with Gasteiger partial charge in [0.15, 0.2) is 0 Å². The third kappa shape index (κ3) is 2.18. The molecule has 0 aliphatic carbocycles. The Labute approximate surface area is 109 Å². The molecule has 2 N–H and O–H groups in total. The molecule has 4 atom stereocenters. The Bertz CT molecular complexity index is 393. The number of rotatable bonds is 3. The molecule has 0 unspecified atom stereocenters. The minimum Gasteiger partial charge on any atom is -0.392 e. The smallest absolute Gasteiger partial charge is 0.0680 e. The van der Waals surface area contributed by atoms with Crippen LogP contribution in [0.25, 0.3) is 0 Å². The van der Waals surface area contributed by atoms with Crippen molar-refractivity contribution in [3.63, 3.8) is 0 Å². The first-order valence-electron chi connectivity index (χ1n) is 6.97. The van der Waals surface area contributed by atoms with Crippen LogP contribution in [0.3, 0.4) is 0 Å². The van der Waals surface area contributed by atoms with E-state index in [-0.39, 0.29) is 12.1 Å². The van der Waals surface area contributed by atoms with Crippen molar-refractivity contribution in [3.05, 3.63) is 35.9 Å². The van der Waals surface area contributed by atoms with Gasteiger partial charge in [-0.3, -0.25) is 4.90 Å². The number of aliphatic hydroxyl groups is 1. The van der Waals surface area contributed by atoms with Gasteiger partial charge in [-0.2, -0.15) is 0 Å². The molecule has 3 heteroatoms. The Morgan fingerprint density at radius 2 is 2.11 bits per heavy atom. The molecule has 2 saturated heterocycles. The van der Waals surface area contributed by atoms with Gasteiger partial charge in [0.2, 0.25) is 0 Å². The third-order valence-corrected chi connectivity index (χ3v) is 4.42. The molecular weight excluding hydrogens is 224 g/mol. The van der Waals surface area contributed by atoms with E-state index in [4.69, 9.17) is 0 Å². The highest BCUT2D eigenvalue weighted by Crippen LogP contribution is 2.32. The van der Waals surface area contributed by atoms with E-state index in [0.29, 0.717) is 12.1 Å². The number of benzene rings is 1. The van der Waals surface area contributed by atoms with Crippen molar-refractivity contribution in [3.8, 4) is 0 Å². The summed E-state index contributed by atoms with van der Waals surface area (Å²) in [6.07, 6.45) is 2.20. The number of hydrogen-bond acceptors (Lipinski definition) is 3. The number of aliphatic hydroxyl groups excluding tert-OH is 1. The Hall–Kier alpha value is -0.900. The maximum atomic E-state index is 9.89. The average molecular weight is 246 g/mol. The molecule has 1 aromatic carbocycles. The third-order valence-electron chi connectivity index (χ3n) is 4.42. The van der Waals surface area contributed by atoms with E-state index in [1.165, 1.54) is 18.4 Å². The van der Waals surface area contributed by atoms with Gasteiger partial charge in [-0.05, 0) is 25.3 Å². The summed E-state index contributed by atoms with van der Waals surface area (Å²) in [6.45, 7) is 3.93. The lowest BCUT2D eigenvalue weighted by atomic mass is 9.99. The van der Waals surface area contributed by atoms with Crippen molar-refractivity contribution in [1.29, 1.82) is 0 Å². The zero-order chi connectivity index (χ0) is 12.5. The molecule has 3 nitrogen and oxygen atoms in total. The lowest BCUT2D eigenvalue weighted by Crippen LogP contribution is -2.60. The summed E-state index contributed by atoms with van der Waals surface area (Å²) < 4.78 is 0. The summed E-state index contributed by atoms with van der Waals surface area (Å²) in [5.74, 6) is 0. The quantitative estimate of drug-likeness (QED) is 0.845. The number of fused-ring (bicyclic) bond motifs is 2. The van der Waals surface area contributed by atoms with Crippen LogP contribution >= 0.6 is 0 Å². The Kier molecular flexibility index (Phi) is 3.37. The van der Waals surface area contributed by atoms with E-state index in [2.05, 4.69) is 40.5 Å². The maximum absolute atomic E-state index is 9.89. The molecule has 0 aromatic heterocycles. The molecule has 0 radical (unpaired) electrons. The second kappa shape index (κ2) is 5.00. The summed E-state index contributed by atoms with van der Waals surface area (Å²) in [7, 11) is 0. The van der Waals surface area contributed by atoms with Crippen molar-refractivity contribution < 1.29 is 5.11 Å². The Morgan fingerprint density at radius 1 is 1.33 bits per heavy atom. The average Bonchev–Trinajstić information content (AvgIpc) is 2.63. The van der Waals surface area contributed by atoms with Gasteiger partial charge in [0, 0.05) is 31.2 Å². The standard InChI is InChI=1S/C15H22N2O/c1-11(18)15-14-8-7-13(9-16-15)17(14)10-12-5-3-2-4-6-12/h2-6,11,13-16,18H,7-10H2,1H3/t11-,13+,14-,15+/m0/s1. The van der Waals surface area contributed by atoms with Crippen LogP contribution in [0, 0.1) is 0 Å². The van der Waals surface area contributed by atoms with Crippen LogP contribution < -0.4 is 5.32 Å². The van der Waals surface area contributed by atoms with Gasteiger partial charge < -0.3 is 10.4 Å². The number of piperazine rings is 1. The first-order valence-corrected chi connectivity index (χ1v) is 6.97. The van der Waals surface area contributed by atoms with E-state index in [0.717, 1.165) is 13.1 Å². The summed E-state index contributed by atoms with van der Waals surface area (Å²) in [6, 6.07) is 12.0. The Balaban J connectivity index is 1.76. The largest absolute Gasteiger partial charge is 0.392 e. The first kappa shape index (κ1) is 12.2. The van der Waals surface area contributed by atoms with Crippen LogP contribution in [0.1, 0.15) is 25.3 Å². The van der Waals surface area contributed by atoms with E-state index in [9.17, 15) is 5.11 Å². The fraction of sp³-hybridized carbons (Fsp3) is 0.600. The molecule has 2 aliphatic rings.